The highest BCUT2D eigenvalue weighted by Crippen LogP contribution is 2.38. The van der Waals surface area contributed by atoms with Crippen molar-refractivity contribution in [2.45, 2.75) is 20.8 Å². The van der Waals surface area contributed by atoms with Gasteiger partial charge in [0, 0.05) is 54.1 Å². The number of nitrogens with zero attached hydrogens (tertiary/aromatic N) is 2. The van der Waals surface area contributed by atoms with Crippen LogP contribution >= 0.6 is 0 Å². The van der Waals surface area contributed by atoms with Gasteiger partial charge in [0.2, 0.25) is 0 Å². The zero-order chi connectivity index (χ0) is 25.7. The molecule has 0 saturated carbocycles. The molecule has 0 saturated heterocycles. The molecule has 0 radical (unpaired) electrons. The minimum atomic E-state index is -0.391. The first-order valence-corrected chi connectivity index (χ1v) is 11.6. The van der Waals surface area contributed by atoms with Gasteiger partial charge in [-0.1, -0.05) is 29.8 Å². The molecule has 0 aliphatic carbocycles. The van der Waals surface area contributed by atoms with Crippen LogP contribution < -0.4 is 15.9 Å². The Morgan fingerprint density at radius 1 is 0.833 bits per heavy atom. The van der Waals surface area contributed by atoms with E-state index in [1.807, 2.05) is 39.0 Å². The van der Waals surface area contributed by atoms with Crippen LogP contribution in [0.2, 0.25) is 0 Å². The number of pyridine rings is 2. The molecule has 0 atom stereocenters. The van der Waals surface area contributed by atoms with Crippen molar-refractivity contribution < 1.29 is 9.13 Å². The number of para-hydroxylation sites is 1. The predicted molar refractivity (Wildman–Crippen MR) is 140 cm³/mol. The fraction of sp³-hybridized carbons (Fsp3) is 0.172. The van der Waals surface area contributed by atoms with Gasteiger partial charge in [0.15, 0.2) is 5.75 Å². The lowest BCUT2D eigenvalue weighted by atomic mass is 10.0. The summed E-state index contributed by atoms with van der Waals surface area (Å²) in [5.74, 6) is 0.784. The van der Waals surface area contributed by atoms with E-state index in [4.69, 9.17) is 4.74 Å². The Morgan fingerprint density at radius 2 is 1.56 bits per heavy atom. The number of benzene rings is 2. The van der Waals surface area contributed by atoms with Gasteiger partial charge in [-0.25, -0.2) is 4.39 Å². The number of halogens is 1. The largest absolute Gasteiger partial charge is 0.455 e. The SMILES string of the molecule is Cc1ccc(F)c(-c2cc3c(-c4cc(=O)n(C)cc4Oc4c(C)cccc4C)cn(C)c(=O)c3[nH]2)c1. The van der Waals surface area contributed by atoms with E-state index in [1.54, 1.807) is 44.7 Å². The summed E-state index contributed by atoms with van der Waals surface area (Å²) in [6, 6.07) is 14.0. The molecule has 3 heterocycles. The lowest BCUT2D eigenvalue weighted by molar-refractivity contribution is 0.470. The second kappa shape index (κ2) is 8.68. The number of aromatic nitrogens is 3. The van der Waals surface area contributed by atoms with E-state index in [-0.39, 0.29) is 11.1 Å². The summed E-state index contributed by atoms with van der Waals surface area (Å²) in [6.07, 6.45) is 3.33. The minimum absolute atomic E-state index is 0.221. The summed E-state index contributed by atoms with van der Waals surface area (Å²) in [5.41, 5.74) is 4.68. The monoisotopic (exact) mass is 483 g/mol. The van der Waals surface area contributed by atoms with Gasteiger partial charge in [0.1, 0.15) is 17.1 Å². The summed E-state index contributed by atoms with van der Waals surface area (Å²) in [7, 11) is 3.31. The van der Waals surface area contributed by atoms with Crippen LogP contribution in [0.4, 0.5) is 4.39 Å². The van der Waals surface area contributed by atoms with Gasteiger partial charge in [-0.15, -0.1) is 0 Å². The maximum Gasteiger partial charge on any atom is 0.274 e. The number of fused-ring (bicyclic) bond motifs is 1. The lowest BCUT2D eigenvalue weighted by Crippen LogP contribution is -2.18. The van der Waals surface area contributed by atoms with Crippen molar-refractivity contribution in [2.75, 3.05) is 0 Å². The first-order chi connectivity index (χ1) is 17.1. The number of aromatic amines is 1. The van der Waals surface area contributed by atoms with Gasteiger partial charge >= 0.3 is 0 Å². The summed E-state index contributed by atoms with van der Waals surface area (Å²) in [4.78, 5) is 28.9. The van der Waals surface area contributed by atoms with Gasteiger partial charge in [0.05, 0.1) is 6.20 Å². The van der Waals surface area contributed by atoms with Gasteiger partial charge < -0.3 is 18.9 Å². The molecule has 1 N–H and O–H groups in total. The second-order valence-corrected chi connectivity index (χ2v) is 9.24. The van der Waals surface area contributed by atoms with E-state index in [1.165, 1.54) is 21.3 Å². The van der Waals surface area contributed by atoms with Crippen LogP contribution in [0.1, 0.15) is 16.7 Å². The molecule has 7 heteroatoms. The number of rotatable bonds is 4. The third kappa shape index (κ3) is 3.92. The highest BCUT2D eigenvalue weighted by Gasteiger charge is 2.20. The lowest BCUT2D eigenvalue weighted by Gasteiger charge is -2.17. The zero-order valence-corrected chi connectivity index (χ0v) is 20.8. The van der Waals surface area contributed by atoms with Crippen molar-refractivity contribution in [1.29, 1.82) is 0 Å². The van der Waals surface area contributed by atoms with Gasteiger partial charge in [0.25, 0.3) is 11.1 Å². The van der Waals surface area contributed by atoms with Gasteiger partial charge in [-0.05, 0) is 50.1 Å². The third-order valence-electron chi connectivity index (χ3n) is 6.48. The minimum Gasteiger partial charge on any atom is -0.455 e. The molecule has 2 aromatic carbocycles. The third-order valence-corrected chi connectivity index (χ3v) is 6.48. The number of hydrogen-bond acceptors (Lipinski definition) is 3. The molecular formula is C29H26FN3O3. The molecule has 3 aromatic heterocycles. The van der Waals surface area contributed by atoms with Gasteiger partial charge in [-0.3, -0.25) is 9.59 Å². The van der Waals surface area contributed by atoms with Crippen molar-refractivity contribution in [2.24, 2.45) is 14.1 Å². The van der Waals surface area contributed by atoms with Crippen LogP contribution in [-0.2, 0) is 14.1 Å². The molecule has 0 amide bonds. The van der Waals surface area contributed by atoms with Crippen molar-refractivity contribution in [1.82, 2.24) is 14.1 Å². The average Bonchev–Trinajstić information content (AvgIpc) is 3.28. The van der Waals surface area contributed by atoms with Crippen LogP contribution in [-0.4, -0.2) is 14.1 Å². The van der Waals surface area contributed by atoms with Crippen molar-refractivity contribution in [3.8, 4) is 33.9 Å². The fourth-order valence-corrected chi connectivity index (χ4v) is 4.51. The maximum atomic E-state index is 14.7. The zero-order valence-electron chi connectivity index (χ0n) is 20.8. The molecule has 6 nitrogen and oxygen atoms in total. The van der Waals surface area contributed by atoms with Gasteiger partial charge in [-0.2, -0.15) is 0 Å². The number of aryl methyl sites for hydroxylation is 5. The molecule has 0 spiro atoms. The number of hydrogen-bond donors (Lipinski definition) is 1. The maximum absolute atomic E-state index is 14.7. The molecule has 0 unspecified atom stereocenters. The van der Waals surface area contributed by atoms with E-state index >= 15 is 0 Å². The predicted octanol–water partition coefficient (Wildman–Crippen LogP) is 5.76. The standard InChI is InChI=1S/C29H26FN3O3/c1-16-9-10-23(30)21(11-16)24-12-20-22(14-33(5)29(35)27(20)31-24)19-13-26(34)32(4)15-25(19)36-28-17(2)7-6-8-18(28)3/h6-15,31H,1-5H3. The smallest absolute Gasteiger partial charge is 0.274 e. The fourth-order valence-electron chi connectivity index (χ4n) is 4.51. The van der Waals surface area contributed by atoms with E-state index in [0.717, 1.165) is 16.7 Å². The first kappa shape index (κ1) is 23.4. The molecule has 0 aliphatic rings. The number of nitrogens with one attached hydrogen (secondary N) is 1. The van der Waals surface area contributed by atoms with E-state index in [2.05, 4.69) is 4.98 Å². The van der Waals surface area contributed by atoms with Crippen LogP contribution in [0.15, 0.2) is 70.5 Å². The summed E-state index contributed by atoms with van der Waals surface area (Å²) < 4.78 is 24.0. The normalized spacial score (nSPS) is 11.3. The highest BCUT2D eigenvalue weighted by atomic mass is 19.1. The Bertz CT molecular complexity index is 1760. The summed E-state index contributed by atoms with van der Waals surface area (Å²) in [6.45, 7) is 5.80. The average molecular weight is 484 g/mol. The second-order valence-electron chi connectivity index (χ2n) is 9.24. The Balaban J connectivity index is 1.79. The molecule has 5 aromatic rings. The summed E-state index contributed by atoms with van der Waals surface area (Å²) in [5, 5.41) is 0.577. The van der Waals surface area contributed by atoms with Crippen molar-refractivity contribution in [3.05, 3.63) is 104 Å². The van der Waals surface area contributed by atoms with E-state index in [0.29, 0.717) is 44.8 Å². The molecule has 182 valence electrons. The first-order valence-electron chi connectivity index (χ1n) is 11.6. The van der Waals surface area contributed by atoms with Crippen LogP contribution in [0.25, 0.3) is 33.3 Å². The number of H-pyrrole nitrogens is 1. The molecular weight excluding hydrogens is 457 g/mol. The molecule has 0 aliphatic heterocycles. The summed E-state index contributed by atoms with van der Waals surface area (Å²) >= 11 is 0. The van der Waals surface area contributed by atoms with Crippen LogP contribution in [0.3, 0.4) is 0 Å². The highest BCUT2D eigenvalue weighted by molar-refractivity contribution is 5.98. The molecule has 5 rings (SSSR count). The van der Waals surface area contributed by atoms with Crippen LogP contribution in [0, 0.1) is 26.6 Å². The Morgan fingerprint density at radius 3 is 2.28 bits per heavy atom. The number of ether oxygens (including phenoxy) is 1. The molecule has 36 heavy (non-hydrogen) atoms. The molecule has 0 fully saturated rings. The Kier molecular flexibility index (Phi) is 5.63. The van der Waals surface area contributed by atoms with E-state index < -0.39 is 5.82 Å². The van der Waals surface area contributed by atoms with Crippen molar-refractivity contribution in [3.63, 3.8) is 0 Å². The van der Waals surface area contributed by atoms with Crippen molar-refractivity contribution >= 4 is 10.9 Å². The van der Waals surface area contributed by atoms with E-state index in [9.17, 15) is 14.0 Å². The topological polar surface area (TPSA) is 69.0 Å². The Labute approximate surface area is 207 Å². The van der Waals surface area contributed by atoms with Crippen LogP contribution in [0.5, 0.6) is 11.5 Å². The molecule has 0 bridgehead atoms. The quantitative estimate of drug-likeness (QED) is 0.354. The Hall–Kier alpha value is -4.39.